The Bertz CT molecular complexity index is 265. The standard InChI is InChI=1S/C13H24N2O/c1-9(10-5-3-4-6-10)15-12(16)13(2,14)11-7-8-11/h9-11H,3-8,14H2,1-2H3,(H,15,16)/t9-,13?/m0/s1. The fraction of sp³-hybridized carbons (Fsp3) is 0.923. The highest BCUT2D eigenvalue weighted by Gasteiger charge is 2.44. The van der Waals surface area contributed by atoms with Gasteiger partial charge in [-0.3, -0.25) is 4.79 Å². The molecule has 0 spiro atoms. The molecule has 2 aliphatic carbocycles. The number of nitrogens with one attached hydrogen (secondary N) is 1. The molecule has 3 N–H and O–H groups in total. The Morgan fingerprint density at radius 3 is 2.38 bits per heavy atom. The molecule has 3 nitrogen and oxygen atoms in total. The Kier molecular flexibility index (Phi) is 3.24. The topological polar surface area (TPSA) is 55.1 Å². The van der Waals surface area contributed by atoms with Gasteiger partial charge >= 0.3 is 0 Å². The van der Waals surface area contributed by atoms with Crippen LogP contribution < -0.4 is 11.1 Å². The molecule has 0 aliphatic heterocycles. The van der Waals surface area contributed by atoms with Gasteiger partial charge in [0.05, 0.1) is 5.54 Å². The van der Waals surface area contributed by atoms with Gasteiger partial charge < -0.3 is 11.1 Å². The maximum absolute atomic E-state index is 12.1. The van der Waals surface area contributed by atoms with E-state index in [-0.39, 0.29) is 11.9 Å². The SMILES string of the molecule is C[C@H](NC(=O)C(C)(N)C1CC1)C1CCCC1. The zero-order valence-corrected chi connectivity index (χ0v) is 10.5. The molecule has 2 rings (SSSR count). The summed E-state index contributed by atoms with van der Waals surface area (Å²) in [7, 11) is 0. The zero-order chi connectivity index (χ0) is 11.8. The first-order valence-corrected chi connectivity index (χ1v) is 6.61. The van der Waals surface area contributed by atoms with E-state index in [1.54, 1.807) is 0 Å². The van der Waals surface area contributed by atoms with Crippen LogP contribution in [-0.2, 0) is 4.79 Å². The second-order valence-electron chi connectivity index (χ2n) is 5.86. The number of nitrogens with two attached hydrogens (primary N) is 1. The third kappa shape index (κ3) is 2.40. The maximum atomic E-state index is 12.1. The molecule has 1 unspecified atom stereocenters. The van der Waals surface area contributed by atoms with Crippen LogP contribution in [0.3, 0.4) is 0 Å². The molecule has 1 amide bonds. The molecule has 0 radical (unpaired) electrons. The minimum absolute atomic E-state index is 0.0504. The third-order valence-corrected chi connectivity index (χ3v) is 4.38. The summed E-state index contributed by atoms with van der Waals surface area (Å²) in [6, 6.07) is 0.289. The Morgan fingerprint density at radius 1 is 1.31 bits per heavy atom. The van der Waals surface area contributed by atoms with Gasteiger partial charge in [0.15, 0.2) is 0 Å². The molecule has 0 aromatic carbocycles. The molecule has 2 atom stereocenters. The summed E-state index contributed by atoms with van der Waals surface area (Å²) in [6.07, 6.45) is 7.36. The van der Waals surface area contributed by atoms with E-state index < -0.39 is 5.54 Å². The summed E-state index contributed by atoms with van der Waals surface area (Å²) in [5.74, 6) is 1.12. The fourth-order valence-electron chi connectivity index (χ4n) is 2.81. The molecule has 92 valence electrons. The van der Waals surface area contributed by atoms with Crippen molar-refractivity contribution in [3.63, 3.8) is 0 Å². The van der Waals surface area contributed by atoms with E-state index in [0.717, 1.165) is 12.8 Å². The van der Waals surface area contributed by atoms with Crippen LogP contribution in [0.1, 0.15) is 52.4 Å². The summed E-state index contributed by atoms with van der Waals surface area (Å²) in [6.45, 7) is 4.00. The lowest BCUT2D eigenvalue weighted by Crippen LogP contribution is -2.56. The van der Waals surface area contributed by atoms with Crippen LogP contribution in [0.4, 0.5) is 0 Å². The van der Waals surface area contributed by atoms with Crippen molar-refractivity contribution in [3.8, 4) is 0 Å². The van der Waals surface area contributed by atoms with E-state index in [4.69, 9.17) is 5.73 Å². The average molecular weight is 224 g/mol. The first-order chi connectivity index (χ1) is 7.51. The maximum Gasteiger partial charge on any atom is 0.240 e. The van der Waals surface area contributed by atoms with E-state index >= 15 is 0 Å². The van der Waals surface area contributed by atoms with Crippen molar-refractivity contribution in [1.29, 1.82) is 0 Å². The zero-order valence-electron chi connectivity index (χ0n) is 10.5. The van der Waals surface area contributed by atoms with Gasteiger partial charge in [0.1, 0.15) is 0 Å². The molecule has 0 aromatic heterocycles. The minimum Gasteiger partial charge on any atom is -0.352 e. The summed E-state index contributed by atoms with van der Waals surface area (Å²) in [5, 5.41) is 3.12. The van der Waals surface area contributed by atoms with Gasteiger partial charge in [0.2, 0.25) is 5.91 Å². The molecule has 3 heteroatoms. The molecule has 2 aliphatic rings. The number of carbonyl (C=O) groups excluding carboxylic acids is 1. The van der Waals surface area contributed by atoms with Crippen LogP contribution in [0.25, 0.3) is 0 Å². The van der Waals surface area contributed by atoms with Crippen LogP contribution in [0.2, 0.25) is 0 Å². The largest absolute Gasteiger partial charge is 0.352 e. The lowest BCUT2D eigenvalue weighted by molar-refractivity contribution is -0.127. The van der Waals surface area contributed by atoms with Crippen LogP contribution in [0.15, 0.2) is 0 Å². The quantitative estimate of drug-likeness (QED) is 0.765. The smallest absolute Gasteiger partial charge is 0.240 e. The Balaban J connectivity index is 1.85. The molecular formula is C13H24N2O. The van der Waals surface area contributed by atoms with Gasteiger partial charge in [-0.2, -0.15) is 0 Å². The third-order valence-electron chi connectivity index (χ3n) is 4.38. The van der Waals surface area contributed by atoms with Gasteiger partial charge in [-0.05, 0) is 51.4 Å². The lowest BCUT2D eigenvalue weighted by Gasteiger charge is -2.28. The molecule has 2 saturated carbocycles. The summed E-state index contributed by atoms with van der Waals surface area (Å²) in [5.41, 5.74) is 5.45. The van der Waals surface area contributed by atoms with Crippen molar-refractivity contribution in [2.45, 2.75) is 64.0 Å². The number of amides is 1. The van der Waals surface area contributed by atoms with Crippen LogP contribution in [0, 0.1) is 11.8 Å². The van der Waals surface area contributed by atoms with Gasteiger partial charge in [0, 0.05) is 6.04 Å². The first-order valence-electron chi connectivity index (χ1n) is 6.61. The van der Waals surface area contributed by atoms with Crippen molar-refractivity contribution >= 4 is 5.91 Å². The average Bonchev–Trinajstić information content (AvgIpc) is 2.95. The van der Waals surface area contributed by atoms with Gasteiger partial charge in [-0.1, -0.05) is 12.8 Å². The van der Waals surface area contributed by atoms with Crippen LogP contribution >= 0.6 is 0 Å². The first kappa shape index (κ1) is 11.9. The molecule has 0 saturated heterocycles. The molecule has 2 fully saturated rings. The van der Waals surface area contributed by atoms with Gasteiger partial charge in [-0.15, -0.1) is 0 Å². The predicted octanol–water partition coefficient (Wildman–Crippen LogP) is 1.81. The van der Waals surface area contributed by atoms with Crippen molar-refractivity contribution in [1.82, 2.24) is 5.32 Å². The van der Waals surface area contributed by atoms with E-state index in [1.165, 1.54) is 25.7 Å². The number of hydrogen-bond acceptors (Lipinski definition) is 2. The predicted molar refractivity (Wildman–Crippen MR) is 64.9 cm³/mol. The highest BCUT2D eigenvalue weighted by Crippen LogP contribution is 2.38. The molecule has 16 heavy (non-hydrogen) atoms. The van der Waals surface area contributed by atoms with Crippen LogP contribution in [-0.4, -0.2) is 17.5 Å². The van der Waals surface area contributed by atoms with Gasteiger partial charge in [0.25, 0.3) is 0 Å². The number of hydrogen-bond donors (Lipinski definition) is 2. The second-order valence-corrected chi connectivity index (χ2v) is 5.86. The van der Waals surface area contributed by atoms with E-state index in [2.05, 4.69) is 12.2 Å². The molecular weight excluding hydrogens is 200 g/mol. The molecule has 0 aromatic rings. The Labute approximate surface area is 98.2 Å². The van der Waals surface area contributed by atoms with Crippen molar-refractivity contribution in [2.24, 2.45) is 17.6 Å². The highest BCUT2D eigenvalue weighted by molar-refractivity contribution is 5.86. The van der Waals surface area contributed by atoms with Crippen LogP contribution in [0.5, 0.6) is 0 Å². The minimum atomic E-state index is -0.646. The monoisotopic (exact) mass is 224 g/mol. The van der Waals surface area contributed by atoms with Crippen molar-refractivity contribution in [2.75, 3.05) is 0 Å². The summed E-state index contributed by atoms with van der Waals surface area (Å²) < 4.78 is 0. The fourth-order valence-corrected chi connectivity index (χ4v) is 2.81. The van der Waals surface area contributed by atoms with E-state index in [0.29, 0.717) is 11.8 Å². The van der Waals surface area contributed by atoms with E-state index in [9.17, 15) is 4.79 Å². The number of rotatable bonds is 4. The number of carbonyl (C=O) groups is 1. The molecule has 0 heterocycles. The second kappa shape index (κ2) is 4.36. The molecule has 0 bridgehead atoms. The lowest BCUT2D eigenvalue weighted by atomic mass is 9.93. The Morgan fingerprint density at radius 2 is 1.88 bits per heavy atom. The Hall–Kier alpha value is -0.570. The van der Waals surface area contributed by atoms with Gasteiger partial charge in [-0.25, -0.2) is 0 Å². The van der Waals surface area contributed by atoms with E-state index in [1.807, 2.05) is 6.92 Å². The summed E-state index contributed by atoms with van der Waals surface area (Å²) in [4.78, 5) is 12.1. The highest BCUT2D eigenvalue weighted by atomic mass is 16.2. The summed E-state index contributed by atoms with van der Waals surface area (Å²) >= 11 is 0. The normalized spacial score (nSPS) is 27.4. The van der Waals surface area contributed by atoms with Crippen molar-refractivity contribution in [3.05, 3.63) is 0 Å². The van der Waals surface area contributed by atoms with Crippen molar-refractivity contribution < 1.29 is 4.79 Å².